The van der Waals surface area contributed by atoms with E-state index in [4.69, 9.17) is 10.2 Å². The number of oxazole rings is 1. The topological polar surface area (TPSA) is 72.3 Å². The summed E-state index contributed by atoms with van der Waals surface area (Å²) < 4.78 is 5.03. The maximum absolute atomic E-state index is 9.31. The van der Waals surface area contributed by atoms with Gasteiger partial charge >= 0.3 is 0 Å². The fourth-order valence-corrected chi connectivity index (χ4v) is 1.26. The SMILES string of the molecule is Nc1nc(O)c(Cc2ccccc2)o1. The van der Waals surface area contributed by atoms with Crippen LogP contribution in [0.15, 0.2) is 34.7 Å². The molecule has 0 saturated carbocycles. The summed E-state index contributed by atoms with van der Waals surface area (Å²) in [6, 6.07) is 9.65. The molecule has 1 aromatic carbocycles. The first-order chi connectivity index (χ1) is 6.75. The van der Waals surface area contributed by atoms with Gasteiger partial charge in [0.1, 0.15) is 0 Å². The highest BCUT2D eigenvalue weighted by atomic mass is 16.4. The molecule has 0 amide bonds. The van der Waals surface area contributed by atoms with Gasteiger partial charge in [-0.3, -0.25) is 0 Å². The third kappa shape index (κ3) is 1.69. The van der Waals surface area contributed by atoms with Gasteiger partial charge in [-0.05, 0) is 5.56 Å². The Balaban J connectivity index is 2.23. The lowest BCUT2D eigenvalue weighted by molar-refractivity contribution is 0.432. The molecule has 3 N–H and O–H groups in total. The molecule has 0 bridgehead atoms. The Labute approximate surface area is 81.0 Å². The summed E-state index contributed by atoms with van der Waals surface area (Å²) in [7, 11) is 0. The summed E-state index contributed by atoms with van der Waals surface area (Å²) in [5.74, 6) is 0.264. The quantitative estimate of drug-likeness (QED) is 0.753. The Kier molecular flexibility index (Phi) is 2.10. The van der Waals surface area contributed by atoms with Crippen LogP contribution in [0.4, 0.5) is 6.01 Å². The van der Waals surface area contributed by atoms with E-state index in [9.17, 15) is 5.11 Å². The van der Waals surface area contributed by atoms with Crippen molar-refractivity contribution in [1.82, 2.24) is 4.98 Å². The fraction of sp³-hybridized carbons (Fsp3) is 0.100. The van der Waals surface area contributed by atoms with E-state index >= 15 is 0 Å². The number of anilines is 1. The summed E-state index contributed by atoms with van der Waals surface area (Å²) in [5.41, 5.74) is 6.34. The van der Waals surface area contributed by atoms with Crippen molar-refractivity contribution < 1.29 is 9.52 Å². The largest absolute Gasteiger partial charge is 0.491 e. The second-order valence-electron chi connectivity index (χ2n) is 2.96. The molecule has 1 aromatic heterocycles. The second-order valence-corrected chi connectivity index (χ2v) is 2.96. The van der Waals surface area contributed by atoms with E-state index in [1.807, 2.05) is 30.3 Å². The van der Waals surface area contributed by atoms with Gasteiger partial charge in [0.15, 0.2) is 5.76 Å². The maximum Gasteiger partial charge on any atom is 0.295 e. The average Bonchev–Trinajstić information content (AvgIpc) is 2.47. The first-order valence-corrected chi connectivity index (χ1v) is 4.24. The number of hydrogen-bond donors (Lipinski definition) is 2. The van der Waals surface area contributed by atoms with E-state index in [2.05, 4.69) is 4.98 Å². The summed E-state index contributed by atoms with van der Waals surface area (Å²) in [5, 5.41) is 9.31. The molecular weight excluding hydrogens is 180 g/mol. The van der Waals surface area contributed by atoms with Gasteiger partial charge in [0.05, 0.1) is 0 Å². The van der Waals surface area contributed by atoms with Gasteiger partial charge in [-0.1, -0.05) is 30.3 Å². The number of nitrogen functional groups attached to an aromatic ring is 1. The molecule has 14 heavy (non-hydrogen) atoms. The molecule has 0 radical (unpaired) electrons. The molecule has 1 heterocycles. The predicted octanol–water partition coefficient (Wildman–Crippen LogP) is 1.55. The van der Waals surface area contributed by atoms with Crippen molar-refractivity contribution in [2.45, 2.75) is 6.42 Å². The number of aromatic nitrogens is 1. The summed E-state index contributed by atoms with van der Waals surface area (Å²) in [4.78, 5) is 3.57. The van der Waals surface area contributed by atoms with Gasteiger partial charge in [0.2, 0.25) is 0 Å². The highest BCUT2D eigenvalue weighted by Crippen LogP contribution is 2.21. The minimum absolute atomic E-state index is 0.00608. The van der Waals surface area contributed by atoms with E-state index in [1.54, 1.807) is 0 Å². The molecule has 0 aliphatic rings. The normalized spacial score (nSPS) is 10.3. The van der Waals surface area contributed by atoms with Crippen LogP contribution in [0, 0.1) is 0 Å². The summed E-state index contributed by atoms with van der Waals surface area (Å²) in [6.07, 6.45) is 0.497. The first-order valence-electron chi connectivity index (χ1n) is 4.24. The lowest BCUT2D eigenvalue weighted by Crippen LogP contribution is -1.85. The Morgan fingerprint density at radius 3 is 2.57 bits per heavy atom. The van der Waals surface area contributed by atoms with Crippen LogP contribution in [0.5, 0.6) is 5.88 Å². The van der Waals surface area contributed by atoms with E-state index in [0.717, 1.165) is 5.56 Å². The Hall–Kier alpha value is -1.97. The number of nitrogens with two attached hydrogens (primary N) is 1. The van der Waals surface area contributed by atoms with Gasteiger partial charge < -0.3 is 15.3 Å². The highest BCUT2D eigenvalue weighted by Gasteiger charge is 2.10. The zero-order valence-electron chi connectivity index (χ0n) is 7.47. The van der Waals surface area contributed by atoms with Crippen LogP contribution < -0.4 is 5.73 Å². The standard InChI is InChI=1S/C10H10N2O2/c11-10-12-9(13)8(14-10)6-7-4-2-1-3-5-7/h1-5,13H,6H2,(H2,11,12). The Bertz CT molecular complexity index is 423. The molecule has 0 atom stereocenters. The molecule has 0 fully saturated rings. The van der Waals surface area contributed by atoms with Crippen LogP contribution in [-0.2, 0) is 6.42 Å². The van der Waals surface area contributed by atoms with Crippen LogP contribution in [0.1, 0.15) is 11.3 Å². The zero-order valence-corrected chi connectivity index (χ0v) is 7.47. The molecule has 4 nitrogen and oxygen atoms in total. The van der Waals surface area contributed by atoms with Crippen LogP contribution in [0.25, 0.3) is 0 Å². The van der Waals surface area contributed by atoms with Gasteiger partial charge in [-0.15, -0.1) is 0 Å². The number of benzene rings is 1. The van der Waals surface area contributed by atoms with Gasteiger partial charge in [-0.25, -0.2) is 0 Å². The van der Waals surface area contributed by atoms with Crippen LogP contribution in [0.3, 0.4) is 0 Å². The maximum atomic E-state index is 9.31. The molecule has 0 aliphatic heterocycles. The smallest absolute Gasteiger partial charge is 0.295 e. The molecule has 2 rings (SSSR count). The molecule has 0 unspecified atom stereocenters. The van der Waals surface area contributed by atoms with Gasteiger partial charge in [0.25, 0.3) is 11.9 Å². The minimum Gasteiger partial charge on any atom is -0.491 e. The third-order valence-corrected chi connectivity index (χ3v) is 1.90. The van der Waals surface area contributed by atoms with Crippen LogP contribution >= 0.6 is 0 Å². The Morgan fingerprint density at radius 1 is 1.29 bits per heavy atom. The van der Waals surface area contributed by atoms with Crippen molar-refractivity contribution in [1.29, 1.82) is 0 Å². The van der Waals surface area contributed by atoms with E-state index in [0.29, 0.717) is 12.2 Å². The highest BCUT2D eigenvalue weighted by molar-refractivity contribution is 5.29. The molecule has 72 valence electrons. The second kappa shape index (κ2) is 3.41. The third-order valence-electron chi connectivity index (χ3n) is 1.90. The fourth-order valence-electron chi connectivity index (χ4n) is 1.26. The van der Waals surface area contributed by atoms with Crippen molar-refractivity contribution in [3.05, 3.63) is 41.7 Å². The van der Waals surface area contributed by atoms with Crippen molar-refractivity contribution >= 4 is 6.01 Å². The van der Waals surface area contributed by atoms with Crippen LogP contribution in [-0.4, -0.2) is 10.1 Å². The number of aromatic hydroxyl groups is 1. The van der Waals surface area contributed by atoms with E-state index in [1.165, 1.54) is 0 Å². The van der Waals surface area contributed by atoms with E-state index in [-0.39, 0.29) is 11.9 Å². The molecule has 4 heteroatoms. The average molecular weight is 190 g/mol. The van der Waals surface area contributed by atoms with Gasteiger partial charge in [0, 0.05) is 6.42 Å². The predicted molar refractivity (Wildman–Crippen MR) is 51.8 cm³/mol. The lowest BCUT2D eigenvalue weighted by atomic mass is 10.1. The monoisotopic (exact) mass is 190 g/mol. The number of hydrogen-bond acceptors (Lipinski definition) is 4. The van der Waals surface area contributed by atoms with Crippen molar-refractivity contribution in [2.75, 3.05) is 5.73 Å². The van der Waals surface area contributed by atoms with E-state index < -0.39 is 0 Å². The molecule has 0 saturated heterocycles. The molecule has 0 spiro atoms. The van der Waals surface area contributed by atoms with Crippen LogP contribution in [0.2, 0.25) is 0 Å². The number of nitrogens with zero attached hydrogens (tertiary/aromatic N) is 1. The molecular formula is C10H10N2O2. The summed E-state index contributed by atoms with van der Waals surface area (Å²) in [6.45, 7) is 0. The number of rotatable bonds is 2. The van der Waals surface area contributed by atoms with Crippen molar-refractivity contribution in [2.24, 2.45) is 0 Å². The van der Waals surface area contributed by atoms with Crippen molar-refractivity contribution in [3.8, 4) is 5.88 Å². The summed E-state index contributed by atoms with van der Waals surface area (Å²) >= 11 is 0. The first kappa shape index (κ1) is 8.62. The van der Waals surface area contributed by atoms with Gasteiger partial charge in [-0.2, -0.15) is 4.98 Å². The zero-order chi connectivity index (χ0) is 9.97. The molecule has 2 aromatic rings. The lowest BCUT2D eigenvalue weighted by Gasteiger charge is -1.96. The molecule has 0 aliphatic carbocycles. The van der Waals surface area contributed by atoms with Crippen molar-refractivity contribution in [3.63, 3.8) is 0 Å². The minimum atomic E-state index is -0.133. The Morgan fingerprint density at radius 2 is 2.00 bits per heavy atom.